The third-order valence-corrected chi connectivity index (χ3v) is 5.41. The second-order valence-electron chi connectivity index (χ2n) is 6.67. The first-order valence-corrected chi connectivity index (χ1v) is 6.96. The molecule has 0 saturated heterocycles. The predicted molar refractivity (Wildman–Crippen MR) is 67.6 cm³/mol. The van der Waals surface area contributed by atoms with Crippen LogP contribution >= 0.6 is 0 Å². The Morgan fingerprint density at radius 2 is 1.82 bits per heavy atom. The van der Waals surface area contributed by atoms with E-state index in [9.17, 15) is 9.59 Å². The van der Waals surface area contributed by atoms with Gasteiger partial charge in [0.15, 0.2) is 0 Å². The predicted octanol–water partition coefficient (Wildman–Crippen LogP) is 3.24. The van der Waals surface area contributed by atoms with E-state index in [-0.39, 0.29) is 28.8 Å². The number of hydrogen-bond acceptors (Lipinski definition) is 2. The van der Waals surface area contributed by atoms with Crippen LogP contribution < -0.4 is 0 Å². The van der Waals surface area contributed by atoms with Gasteiger partial charge in [-0.2, -0.15) is 0 Å². The molecule has 2 nitrogen and oxygen atoms in total. The molecule has 0 amide bonds. The first-order valence-electron chi connectivity index (χ1n) is 6.96. The third-order valence-electron chi connectivity index (χ3n) is 5.41. The second kappa shape index (κ2) is 4.22. The van der Waals surface area contributed by atoms with Crippen molar-refractivity contribution in [3.63, 3.8) is 0 Å². The Morgan fingerprint density at radius 1 is 1.18 bits per heavy atom. The zero-order chi connectivity index (χ0) is 12.8. The molecule has 2 saturated carbocycles. The number of rotatable bonds is 1. The minimum absolute atomic E-state index is 0.00810. The van der Waals surface area contributed by atoms with Crippen molar-refractivity contribution in [2.45, 2.75) is 53.4 Å². The molecule has 0 N–H and O–H groups in total. The van der Waals surface area contributed by atoms with Gasteiger partial charge < -0.3 is 0 Å². The van der Waals surface area contributed by atoms with Crippen molar-refractivity contribution in [1.82, 2.24) is 0 Å². The zero-order valence-corrected chi connectivity index (χ0v) is 11.5. The lowest BCUT2D eigenvalue weighted by atomic mass is 9.52. The van der Waals surface area contributed by atoms with Crippen molar-refractivity contribution in [2.24, 2.45) is 29.1 Å². The molecule has 0 heterocycles. The molecule has 2 fully saturated rings. The molecule has 2 heteroatoms. The largest absolute Gasteiger partial charge is 0.291 e. The Kier molecular flexibility index (Phi) is 3.17. The van der Waals surface area contributed by atoms with E-state index >= 15 is 0 Å². The summed E-state index contributed by atoms with van der Waals surface area (Å²) < 4.78 is 0. The Bertz CT molecular complexity index is 345. The number of ketones is 2. The zero-order valence-electron chi connectivity index (χ0n) is 11.5. The second-order valence-corrected chi connectivity index (χ2v) is 6.67. The van der Waals surface area contributed by atoms with Gasteiger partial charge in [0.1, 0.15) is 0 Å². The number of fused-ring (bicyclic) bond motifs is 1. The van der Waals surface area contributed by atoms with Crippen molar-refractivity contribution in [2.75, 3.05) is 0 Å². The molecule has 0 unspecified atom stereocenters. The Balaban J connectivity index is 2.34. The molecule has 0 aromatic carbocycles. The van der Waals surface area contributed by atoms with Crippen molar-refractivity contribution in [3.8, 4) is 0 Å². The highest BCUT2D eigenvalue weighted by Crippen LogP contribution is 2.53. The summed E-state index contributed by atoms with van der Waals surface area (Å²) in [4.78, 5) is 24.4. The number of carbonyl (C=O) groups is 2. The lowest BCUT2D eigenvalue weighted by molar-refractivity contribution is -0.154. The van der Waals surface area contributed by atoms with Gasteiger partial charge in [-0.3, -0.25) is 9.59 Å². The van der Waals surface area contributed by atoms with Gasteiger partial charge in [0.05, 0.1) is 0 Å². The molecule has 2 aliphatic carbocycles. The van der Waals surface area contributed by atoms with Gasteiger partial charge in [0, 0.05) is 11.8 Å². The summed E-state index contributed by atoms with van der Waals surface area (Å²) in [6.07, 6.45) is 4.16. The minimum Gasteiger partial charge on any atom is -0.291 e. The number of Topliss-reactive ketones (excluding diaryl/α,β-unsaturated/α-hetero) is 2. The van der Waals surface area contributed by atoms with Crippen molar-refractivity contribution >= 4 is 11.6 Å². The molecule has 0 aromatic heterocycles. The fourth-order valence-electron chi connectivity index (χ4n) is 3.86. The average Bonchev–Trinajstić information content (AvgIpc) is 2.26. The maximum atomic E-state index is 12.3. The summed E-state index contributed by atoms with van der Waals surface area (Å²) >= 11 is 0. The van der Waals surface area contributed by atoms with E-state index in [2.05, 4.69) is 27.7 Å². The summed E-state index contributed by atoms with van der Waals surface area (Å²) in [5.41, 5.74) is 0.0676. The highest BCUT2D eigenvalue weighted by molar-refractivity contribution is 6.39. The van der Waals surface area contributed by atoms with E-state index in [1.807, 2.05) is 0 Å². The molecule has 0 aliphatic heterocycles. The van der Waals surface area contributed by atoms with E-state index in [0.29, 0.717) is 11.8 Å². The molecule has 0 aromatic rings. The van der Waals surface area contributed by atoms with E-state index < -0.39 is 0 Å². The van der Waals surface area contributed by atoms with Crippen LogP contribution in [0.1, 0.15) is 53.4 Å². The highest BCUT2D eigenvalue weighted by Gasteiger charge is 2.53. The number of carbonyl (C=O) groups excluding carboxylic acids is 2. The van der Waals surface area contributed by atoms with Crippen LogP contribution in [0.15, 0.2) is 0 Å². The summed E-state index contributed by atoms with van der Waals surface area (Å²) in [6, 6.07) is 0. The quantitative estimate of drug-likeness (QED) is 0.655. The summed E-state index contributed by atoms with van der Waals surface area (Å²) in [5.74, 6) is 0.677. The van der Waals surface area contributed by atoms with Gasteiger partial charge in [0.2, 0.25) is 11.6 Å². The molecule has 0 bridgehead atoms. The molecule has 2 rings (SSSR count). The first kappa shape index (κ1) is 12.8. The highest BCUT2D eigenvalue weighted by atomic mass is 16.2. The van der Waals surface area contributed by atoms with Gasteiger partial charge in [-0.1, -0.05) is 40.5 Å². The molecular formula is C15H24O2. The van der Waals surface area contributed by atoms with E-state index in [4.69, 9.17) is 0 Å². The lowest BCUT2D eigenvalue weighted by Crippen LogP contribution is -2.52. The minimum atomic E-state index is -0.0865. The van der Waals surface area contributed by atoms with Gasteiger partial charge in [0.25, 0.3) is 0 Å². The Labute approximate surface area is 104 Å². The molecule has 0 radical (unpaired) electrons. The first-order chi connectivity index (χ1) is 7.88. The Morgan fingerprint density at radius 3 is 2.41 bits per heavy atom. The fourth-order valence-corrected chi connectivity index (χ4v) is 3.86. The lowest BCUT2D eigenvalue weighted by Gasteiger charge is -2.50. The van der Waals surface area contributed by atoms with Crippen LogP contribution in [0.3, 0.4) is 0 Å². The maximum Gasteiger partial charge on any atom is 0.202 e. The smallest absolute Gasteiger partial charge is 0.202 e. The van der Waals surface area contributed by atoms with Crippen molar-refractivity contribution in [1.29, 1.82) is 0 Å². The molecule has 17 heavy (non-hydrogen) atoms. The summed E-state index contributed by atoms with van der Waals surface area (Å²) in [6.45, 7) is 8.62. The SMILES string of the molecule is CC(C)[C@H]1C[C@@]2(C)[C@H](CCC[C@@H]2C)C(=O)C1=O. The normalized spacial score (nSPS) is 42.8. The van der Waals surface area contributed by atoms with Crippen LogP contribution in [0, 0.1) is 29.1 Å². The van der Waals surface area contributed by atoms with Crippen LogP contribution in [0.25, 0.3) is 0 Å². The standard InChI is InChI=1S/C15H24O2/c1-9(2)11-8-15(4)10(3)6-5-7-12(15)14(17)13(11)16/h9-12H,5-8H2,1-4H3/t10-,11+,12+,15+/m0/s1. The van der Waals surface area contributed by atoms with Crippen molar-refractivity contribution in [3.05, 3.63) is 0 Å². The van der Waals surface area contributed by atoms with Gasteiger partial charge in [-0.05, 0) is 30.1 Å². The molecule has 0 spiro atoms. The monoisotopic (exact) mass is 236 g/mol. The van der Waals surface area contributed by atoms with E-state index in [0.717, 1.165) is 19.3 Å². The van der Waals surface area contributed by atoms with E-state index in [1.165, 1.54) is 6.42 Å². The molecule has 2 aliphatic rings. The Hall–Kier alpha value is -0.660. The topological polar surface area (TPSA) is 34.1 Å². The van der Waals surface area contributed by atoms with Crippen LogP contribution in [-0.4, -0.2) is 11.6 Å². The van der Waals surface area contributed by atoms with Crippen molar-refractivity contribution < 1.29 is 9.59 Å². The van der Waals surface area contributed by atoms with Gasteiger partial charge in [-0.25, -0.2) is 0 Å². The van der Waals surface area contributed by atoms with Crippen LogP contribution in [0.5, 0.6) is 0 Å². The summed E-state index contributed by atoms with van der Waals surface area (Å²) in [7, 11) is 0. The molecular weight excluding hydrogens is 212 g/mol. The van der Waals surface area contributed by atoms with Gasteiger partial charge in [-0.15, -0.1) is 0 Å². The van der Waals surface area contributed by atoms with Crippen LogP contribution in [0.4, 0.5) is 0 Å². The van der Waals surface area contributed by atoms with Gasteiger partial charge >= 0.3 is 0 Å². The van der Waals surface area contributed by atoms with Crippen LogP contribution in [-0.2, 0) is 9.59 Å². The third kappa shape index (κ3) is 1.86. The summed E-state index contributed by atoms with van der Waals surface area (Å²) in [5, 5.41) is 0. The average molecular weight is 236 g/mol. The maximum absolute atomic E-state index is 12.3. The fraction of sp³-hybridized carbons (Fsp3) is 0.867. The molecule has 96 valence electrons. The van der Waals surface area contributed by atoms with Crippen LogP contribution in [0.2, 0.25) is 0 Å². The molecule has 4 atom stereocenters. The van der Waals surface area contributed by atoms with E-state index in [1.54, 1.807) is 0 Å². The number of hydrogen-bond donors (Lipinski definition) is 0.